The van der Waals surface area contributed by atoms with Crippen molar-refractivity contribution in [3.63, 3.8) is 0 Å². The molecule has 3 heterocycles. The number of phenolic OH excluding ortho intramolecular Hbond substituents is 3. The molecule has 0 radical (unpaired) electrons. The number of carbonyl (C=O) groups is 2. The average Bonchev–Trinajstić information content (AvgIpc) is 3.34. The number of carbonyl (C=O) groups excluding carboxylic acids is 2. The molecule has 0 spiro atoms. The van der Waals surface area contributed by atoms with Gasteiger partial charge in [-0.1, -0.05) is 47.0 Å². The van der Waals surface area contributed by atoms with Gasteiger partial charge in [0.2, 0.25) is 0 Å². The van der Waals surface area contributed by atoms with Crippen LogP contribution in [0.3, 0.4) is 0 Å². The summed E-state index contributed by atoms with van der Waals surface area (Å²) in [6.45, 7) is 12.3. The summed E-state index contributed by atoms with van der Waals surface area (Å²) in [5.74, 6) is -1.96. The third-order valence-electron chi connectivity index (χ3n) is 9.85. The third kappa shape index (κ3) is 7.36. The fourth-order valence-corrected chi connectivity index (χ4v) is 7.24. The Morgan fingerprint density at radius 3 is 2.07 bits per heavy atom. The van der Waals surface area contributed by atoms with Gasteiger partial charge < -0.3 is 48.5 Å². The first kappa shape index (κ1) is 42.3. The highest BCUT2D eigenvalue weighted by Crippen LogP contribution is 2.53. The summed E-state index contributed by atoms with van der Waals surface area (Å²) >= 11 is 12.2. The number of allylic oxidation sites excluding steroid dienone is 2. The fourth-order valence-electron chi connectivity index (χ4n) is 6.78. The van der Waals surface area contributed by atoms with Crippen molar-refractivity contribution in [3.05, 3.63) is 101 Å². The van der Waals surface area contributed by atoms with E-state index in [1.807, 2.05) is 39.8 Å². The van der Waals surface area contributed by atoms with Crippen molar-refractivity contribution in [1.29, 1.82) is 0 Å². The van der Waals surface area contributed by atoms with Crippen LogP contribution in [0.25, 0.3) is 28.2 Å². The zero-order chi connectivity index (χ0) is 43.4. The Kier molecular flexibility index (Phi) is 11.3. The molecular weight excluding hydrogens is 807 g/mol. The van der Waals surface area contributed by atoms with Crippen molar-refractivity contribution >= 4 is 52.2 Å². The molecule has 4 N–H and O–H groups in total. The van der Waals surface area contributed by atoms with Gasteiger partial charge >= 0.3 is 17.6 Å². The minimum absolute atomic E-state index is 0.00458. The number of ether oxygens (including phenoxy) is 5. The van der Waals surface area contributed by atoms with Crippen LogP contribution in [0.15, 0.2) is 51.2 Å². The number of halogens is 2. The second-order valence-corrected chi connectivity index (χ2v) is 15.3. The molecule has 5 aromatic rings. The van der Waals surface area contributed by atoms with Crippen molar-refractivity contribution in [2.24, 2.45) is 0 Å². The summed E-state index contributed by atoms with van der Waals surface area (Å²) in [5, 5.41) is 41.3. The molecule has 0 unspecified atom stereocenters. The summed E-state index contributed by atoms with van der Waals surface area (Å²) in [7, 11) is 2.68. The Bertz CT molecular complexity index is 2720. The van der Waals surface area contributed by atoms with E-state index >= 15 is 0 Å². The predicted octanol–water partition coefficient (Wildman–Crippen LogP) is 10.0. The third-order valence-corrected chi connectivity index (χ3v) is 10.7. The number of rotatable bonds is 5. The lowest BCUT2D eigenvalue weighted by molar-refractivity contribution is 0.0595. The number of benzene rings is 4. The van der Waals surface area contributed by atoms with Gasteiger partial charge in [-0.2, -0.15) is 0 Å². The minimum Gasteiger partial charge on any atom is -0.508 e. The molecule has 0 fully saturated rings. The Hall–Kier alpha value is -6.31. The molecular formula is C44H40Cl2O13. The Balaban J connectivity index is 0.000000201. The first-order chi connectivity index (χ1) is 27.7. The van der Waals surface area contributed by atoms with Gasteiger partial charge in [-0.3, -0.25) is 0 Å². The van der Waals surface area contributed by atoms with Crippen molar-refractivity contribution in [3.8, 4) is 62.9 Å². The SMILES string of the molecule is COC(=O)c1c(C)c2c(c(C)c1O)OC(=O)c1c(C)c(Cl)c(O)c(Cl)c1O2.COc1c(CC=C(C)C)c2c(c3oc(=O)c(-c4ccc(O)cc4)c(O)c13)C=CC(C)(C)O2. The molecule has 2 aliphatic rings. The molecule has 0 aliphatic carbocycles. The maximum Gasteiger partial charge on any atom is 0.348 e. The standard InChI is InChI=1S/C26H26O6.C18H14Cl2O7/c1-14(2)6-11-17-22-18(12-13-26(3,4)32-22)24-20(23(17)30-5)21(28)19(25(29)31-24)15-7-9-16(27)10-8-15;1-5-9-16(11(20)13(22)10(5)19)26-14-6(2)8(17(23)25-4)12(21)7(3)15(14)27-18(9)24/h6-10,12-13,27-28H,11H2,1-5H3;21-22H,1-4H3. The van der Waals surface area contributed by atoms with Crippen LogP contribution in [0.1, 0.15) is 76.2 Å². The van der Waals surface area contributed by atoms with Crippen LogP contribution in [0.2, 0.25) is 10.0 Å². The highest BCUT2D eigenvalue weighted by atomic mass is 35.5. The van der Waals surface area contributed by atoms with Gasteiger partial charge in [-0.15, -0.1) is 0 Å². The van der Waals surface area contributed by atoms with E-state index in [0.29, 0.717) is 34.4 Å². The van der Waals surface area contributed by atoms with Crippen molar-refractivity contribution in [2.75, 3.05) is 14.2 Å². The van der Waals surface area contributed by atoms with Crippen molar-refractivity contribution < 1.29 is 58.1 Å². The van der Waals surface area contributed by atoms with E-state index in [4.69, 9.17) is 51.3 Å². The van der Waals surface area contributed by atoms with Gasteiger partial charge in [-0.25, -0.2) is 14.4 Å². The lowest BCUT2D eigenvalue weighted by atomic mass is 9.93. The predicted molar refractivity (Wildman–Crippen MR) is 221 cm³/mol. The van der Waals surface area contributed by atoms with Gasteiger partial charge in [0.05, 0.1) is 24.8 Å². The quantitative estimate of drug-likeness (QED) is 0.0566. The molecule has 4 aromatic carbocycles. The molecule has 59 heavy (non-hydrogen) atoms. The molecule has 1 aromatic heterocycles. The second kappa shape index (κ2) is 15.8. The fraction of sp³-hybridized carbons (Fsp3) is 0.250. The molecule has 0 atom stereocenters. The lowest BCUT2D eigenvalue weighted by Crippen LogP contribution is -2.28. The van der Waals surface area contributed by atoms with E-state index in [0.717, 1.165) is 11.1 Å². The molecule has 0 saturated heterocycles. The number of esters is 2. The van der Waals surface area contributed by atoms with Crippen LogP contribution in [0, 0.1) is 20.8 Å². The normalized spacial score (nSPS) is 13.3. The highest BCUT2D eigenvalue weighted by molar-refractivity contribution is 6.39. The first-order valence-electron chi connectivity index (χ1n) is 18.0. The number of fused-ring (bicyclic) bond motifs is 5. The van der Waals surface area contributed by atoms with Gasteiger partial charge in [0.25, 0.3) is 0 Å². The van der Waals surface area contributed by atoms with Gasteiger partial charge in [-0.05, 0) is 90.3 Å². The summed E-state index contributed by atoms with van der Waals surface area (Å²) < 4.78 is 33.7. The van der Waals surface area contributed by atoms with E-state index in [-0.39, 0.29) is 77.8 Å². The zero-order valence-corrected chi connectivity index (χ0v) is 35.0. The first-order valence-corrected chi connectivity index (χ1v) is 18.8. The number of aromatic hydroxyl groups is 4. The maximum atomic E-state index is 12.9. The molecule has 0 amide bonds. The Morgan fingerprint density at radius 2 is 1.46 bits per heavy atom. The van der Waals surface area contributed by atoms with Crippen molar-refractivity contribution in [2.45, 2.75) is 60.5 Å². The number of phenols is 3. The van der Waals surface area contributed by atoms with E-state index in [9.17, 15) is 34.8 Å². The molecule has 0 bridgehead atoms. The summed E-state index contributed by atoms with van der Waals surface area (Å²) in [4.78, 5) is 37.7. The van der Waals surface area contributed by atoms with E-state index in [2.05, 4.69) is 6.08 Å². The zero-order valence-electron chi connectivity index (χ0n) is 33.5. The van der Waals surface area contributed by atoms with Crippen molar-refractivity contribution in [1.82, 2.24) is 0 Å². The van der Waals surface area contributed by atoms with Crippen LogP contribution >= 0.6 is 23.2 Å². The number of hydrogen-bond donors (Lipinski definition) is 4. The minimum atomic E-state index is -0.835. The average molecular weight is 848 g/mol. The molecule has 15 heteroatoms. The van der Waals surface area contributed by atoms with E-state index < -0.39 is 34.7 Å². The smallest absolute Gasteiger partial charge is 0.348 e. The van der Waals surface area contributed by atoms with Crippen LogP contribution in [0.5, 0.6) is 51.7 Å². The largest absolute Gasteiger partial charge is 0.508 e. The van der Waals surface area contributed by atoms with E-state index in [1.54, 1.807) is 12.1 Å². The molecule has 0 saturated carbocycles. The summed E-state index contributed by atoms with van der Waals surface area (Å²) in [6, 6.07) is 5.99. The van der Waals surface area contributed by atoms with Crippen LogP contribution in [0.4, 0.5) is 0 Å². The Morgan fingerprint density at radius 1 is 0.814 bits per heavy atom. The van der Waals surface area contributed by atoms with Crippen LogP contribution < -0.4 is 24.6 Å². The number of methoxy groups -OCH3 is 2. The van der Waals surface area contributed by atoms with Gasteiger partial charge in [0, 0.05) is 16.7 Å². The monoisotopic (exact) mass is 846 g/mol. The van der Waals surface area contributed by atoms with Gasteiger partial charge in [0.15, 0.2) is 28.6 Å². The summed E-state index contributed by atoms with van der Waals surface area (Å²) in [5.41, 5.74) is 2.12. The van der Waals surface area contributed by atoms with Crippen LogP contribution in [-0.2, 0) is 11.2 Å². The van der Waals surface area contributed by atoms with Gasteiger partial charge in [0.1, 0.15) is 61.4 Å². The second-order valence-electron chi connectivity index (χ2n) is 14.6. The molecule has 13 nitrogen and oxygen atoms in total. The Labute approximate surface area is 348 Å². The topological polar surface area (TPSA) is 191 Å². The molecule has 2 aliphatic heterocycles. The maximum absolute atomic E-state index is 12.9. The molecule has 308 valence electrons. The lowest BCUT2D eigenvalue weighted by Gasteiger charge is -2.31. The van der Waals surface area contributed by atoms with Crippen LogP contribution in [-0.4, -0.2) is 52.2 Å². The molecule has 7 rings (SSSR count). The highest BCUT2D eigenvalue weighted by Gasteiger charge is 2.36. The number of hydrogen-bond acceptors (Lipinski definition) is 13. The summed E-state index contributed by atoms with van der Waals surface area (Å²) in [6.07, 6.45) is 6.31. The van der Waals surface area contributed by atoms with E-state index in [1.165, 1.54) is 47.1 Å².